The Labute approximate surface area is 152 Å². The molecule has 1 fully saturated rings. The normalized spacial score (nSPS) is 19.6. The van der Waals surface area contributed by atoms with Crippen LogP contribution in [0.15, 0.2) is 41.0 Å². The number of likely N-dealkylation sites (tertiary alicyclic amines) is 1. The molecule has 2 amide bonds. The lowest BCUT2D eigenvalue weighted by Crippen LogP contribution is -2.40. The predicted molar refractivity (Wildman–Crippen MR) is 95.9 cm³/mol. The molecule has 1 saturated heterocycles. The van der Waals surface area contributed by atoms with E-state index >= 15 is 0 Å². The summed E-state index contributed by atoms with van der Waals surface area (Å²) in [7, 11) is 1.64. The molecule has 0 unspecified atom stereocenters. The van der Waals surface area contributed by atoms with Crippen LogP contribution in [0.4, 0.5) is 5.69 Å². The van der Waals surface area contributed by atoms with Crippen LogP contribution in [0.2, 0.25) is 0 Å². The molecule has 26 heavy (non-hydrogen) atoms. The third-order valence-corrected chi connectivity index (χ3v) is 5.16. The average molecular weight is 354 g/mol. The van der Waals surface area contributed by atoms with Gasteiger partial charge in [-0.3, -0.25) is 9.59 Å². The molecule has 4 rings (SSSR count). The molecule has 0 spiro atoms. The van der Waals surface area contributed by atoms with Crippen LogP contribution in [-0.4, -0.2) is 36.9 Å². The summed E-state index contributed by atoms with van der Waals surface area (Å²) in [6.07, 6.45) is 3.71. The molecule has 0 aliphatic carbocycles. The van der Waals surface area contributed by atoms with E-state index in [1.165, 1.54) is 0 Å². The van der Waals surface area contributed by atoms with E-state index in [4.69, 9.17) is 9.15 Å². The first kappa shape index (κ1) is 16.7. The Morgan fingerprint density at radius 1 is 1.35 bits per heavy atom. The second kappa shape index (κ2) is 6.86. The van der Waals surface area contributed by atoms with Crippen molar-refractivity contribution in [1.29, 1.82) is 0 Å². The van der Waals surface area contributed by atoms with Gasteiger partial charge in [0.25, 0.3) is 0 Å². The van der Waals surface area contributed by atoms with Crippen LogP contribution >= 0.6 is 0 Å². The summed E-state index contributed by atoms with van der Waals surface area (Å²) < 4.78 is 10.6. The molecule has 6 heteroatoms. The summed E-state index contributed by atoms with van der Waals surface area (Å²) in [5.41, 5.74) is 2.07. The van der Waals surface area contributed by atoms with Crippen molar-refractivity contribution < 1.29 is 18.7 Å². The first-order valence-electron chi connectivity index (χ1n) is 8.94. The summed E-state index contributed by atoms with van der Waals surface area (Å²) >= 11 is 0. The van der Waals surface area contributed by atoms with Crippen molar-refractivity contribution in [2.24, 2.45) is 5.92 Å². The van der Waals surface area contributed by atoms with E-state index in [2.05, 4.69) is 0 Å². The lowest BCUT2D eigenvalue weighted by Gasteiger charge is -2.31. The Bertz CT molecular complexity index is 815. The van der Waals surface area contributed by atoms with E-state index in [0.29, 0.717) is 19.6 Å². The number of benzene rings is 1. The fourth-order valence-corrected chi connectivity index (χ4v) is 3.83. The Hall–Kier alpha value is -2.76. The Kier molecular flexibility index (Phi) is 4.41. The fraction of sp³-hybridized carbons (Fsp3) is 0.400. The van der Waals surface area contributed by atoms with E-state index in [1.54, 1.807) is 24.3 Å². The van der Waals surface area contributed by atoms with Crippen LogP contribution in [0.1, 0.15) is 24.2 Å². The van der Waals surface area contributed by atoms with Gasteiger partial charge in [0, 0.05) is 25.2 Å². The number of ether oxygens (including phenoxy) is 1. The lowest BCUT2D eigenvalue weighted by molar-refractivity contribution is -0.129. The zero-order valence-electron chi connectivity index (χ0n) is 14.8. The highest BCUT2D eigenvalue weighted by Gasteiger charge is 2.38. The molecule has 0 saturated carbocycles. The van der Waals surface area contributed by atoms with Crippen molar-refractivity contribution >= 4 is 17.5 Å². The van der Waals surface area contributed by atoms with Gasteiger partial charge in [-0.1, -0.05) is 0 Å². The number of anilines is 1. The highest BCUT2D eigenvalue weighted by Crippen LogP contribution is 2.33. The maximum absolute atomic E-state index is 13.1. The van der Waals surface area contributed by atoms with Gasteiger partial charge in [0.1, 0.15) is 11.5 Å². The van der Waals surface area contributed by atoms with E-state index in [0.717, 1.165) is 35.6 Å². The monoisotopic (exact) mass is 354 g/mol. The first-order valence-corrected chi connectivity index (χ1v) is 8.94. The van der Waals surface area contributed by atoms with Gasteiger partial charge in [0.2, 0.25) is 11.8 Å². The van der Waals surface area contributed by atoms with Crippen LogP contribution in [0, 0.1) is 5.92 Å². The Morgan fingerprint density at radius 3 is 3.00 bits per heavy atom. The number of furan rings is 1. The first-order chi connectivity index (χ1) is 12.7. The highest BCUT2D eigenvalue weighted by molar-refractivity contribution is 5.99. The summed E-state index contributed by atoms with van der Waals surface area (Å²) in [4.78, 5) is 29.0. The second-order valence-corrected chi connectivity index (χ2v) is 6.84. The molecule has 2 aromatic rings. The number of hydrogen-bond donors (Lipinski definition) is 0. The largest absolute Gasteiger partial charge is 0.497 e. The summed E-state index contributed by atoms with van der Waals surface area (Å²) in [5.74, 6) is 1.28. The minimum Gasteiger partial charge on any atom is -0.497 e. The van der Waals surface area contributed by atoms with Gasteiger partial charge < -0.3 is 19.0 Å². The van der Waals surface area contributed by atoms with E-state index < -0.39 is 0 Å². The van der Waals surface area contributed by atoms with Crippen LogP contribution in [0.5, 0.6) is 5.75 Å². The smallest absolute Gasteiger partial charge is 0.232 e. The maximum Gasteiger partial charge on any atom is 0.232 e. The Balaban J connectivity index is 1.49. The lowest BCUT2D eigenvalue weighted by atomic mass is 9.98. The van der Waals surface area contributed by atoms with Gasteiger partial charge in [-0.05, 0) is 48.7 Å². The van der Waals surface area contributed by atoms with Crippen LogP contribution in [0.25, 0.3) is 0 Å². The highest BCUT2D eigenvalue weighted by atomic mass is 16.5. The van der Waals surface area contributed by atoms with E-state index in [-0.39, 0.29) is 24.2 Å². The van der Waals surface area contributed by atoms with Gasteiger partial charge in [-0.2, -0.15) is 0 Å². The third-order valence-electron chi connectivity index (χ3n) is 5.16. The molecule has 2 aliphatic rings. The van der Waals surface area contributed by atoms with Crippen LogP contribution in [0.3, 0.4) is 0 Å². The van der Waals surface area contributed by atoms with E-state index in [9.17, 15) is 9.59 Å². The van der Waals surface area contributed by atoms with Crippen LogP contribution in [-0.2, 0) is 22.6 Å². The zero-order valence-corrected chi connectivity index (χ0v) is 14.8. The minimum absolute atomic E-state index is 0.00622. The molecule has 1 aromatic carbocycles. The topological polar surface area (TPSA) is 63.0 Å². The molecule has 2 aliphatic heterocycles. The van der Waals surface area contributed by atoms with Gasteiger partial charge in [0.05, 0.1) is 25.8 Å². The van der Waals surface area contributed by atoms with Crippen molar-refractivity contribution in [3.05, 3.63) is 47.9 Å². The molecule has 3 heterocycles. The average Bonchev–Trinajstić information content (AvgIpc) is 3.30. The Morgan fingerprint density at radius 2 is 2.23 bits per heavy atom. The fourth-order valence-electron chi connectivity index (χ4n) is 3.83. The molecule has 0 bridgehead atoms. The summed E-state index contributed by atoms with van der Waals surface area (Å²) in [5, 5.41) is 0. The van der Waals surface area contributed by atoms with Gasteiger partial charge in [-0.15, -0.1) is 0 Å². The summed E-state index contributed by atoms with van der Waals surface area (Å²) in [6, 6.07) is 9.47. The molecule has 6 nitrogen and oxygen atoms in total. The van der Waals surface area contributed by atoms with Crippen LogP contribution < -0.4 is 9.64 Å². The molecule has 0 radical (unpaired) electrons. The van der Waals surface area contributed by atoms with Crippen molar-refractivity contribution in [1.82, 2.24) is 4.90 Å². The zero-order chi connectivity index (χ0) is 18.1. The van der Waals surface area contributed by atoms with E-state index in [1.807, 2.05) is 29.2 Å². The van der Waals surface area contributed by atoms with Crippen molar-refractivity contribution in [3.63, 3.8) is 0 Å². The SMILES string of the molecule is COc1ccc2c(c1)CCCN2C(=O)[C@H]1CC(=O)N(Cc2ccco2)C1. The molecular weight excluding hydrogens is 332 g/mol. The molecule has 1 atom stereocenters. The number of carbonyl (C=O) groups is 2. The number of fused-ring (bicyclic) bond motifs is 1. The summed E-state index contributed by atoms with van der Waals surface area (Å²) in [6.45, 7) is 1.56. The standard InChI is InChI=1S/C20H22N2O4/c1-25-16-6-7-18-14(10-16)4-2-8-22(18)20(24)15-11-19(23)21(12-15)13-17-5-3-9-26-17/h3,5-7,9-10,15H,2,4,8,11-13H2,1H3/t15-/m0/s1. The number of rotatable bonds is 4. The maximum atomic E-state index is 13.1. The predicted octanol–water partition coefficient (Wildman–Crippen LogP) is 2.62. The van der Waals surface area contributed by atoms with Crippen molar-refractivity contribution in [3.8, 4) is 5.75 Å². The quantitative estimate of drug-likeness (QED) is 0.847. The van der Waals surface area contributed by atoms with Gasteiger partial charge in [0.15, 0.2) is 0 Å². The number of amides is 2. The number of carbonyl (C=O) groups excluding carboxylic acids is 2. The van der Waals surface area contributed by atoms with Crippen molar-refractivity contribution in [2.75, 3.05) is 25.1 Å². The number of hydrogen-bond acceptors (Lipinski definition) is 4. The minimum atomic E-state index is -0.300. The number of methoxy groups -OCH3 is 1. The molecule has 1 aromatic heterocycles. The second-order valence-electron chi connectivity index (χ2n) is 6.84. The number of nitrogens with zero attached hydrogens (tertiary/aromatic N) is 2. The van der Waals surface area contributed by atoms with Gasteiger partial charge >= 0.3 is 0 Å². The molecule has 136 valence electrons. The number of aryl methyl sites for hydroxylation is 1. The third kappa shape index (κ3) is 3.07. The molecule has 0 N–H and O–H groups in total. The van der Waals surface area contributed by atoms with Crippen molar-refractivity contribution in [2.45, 2.75) is 25.8 Å². The van der Waals surface area contributed by atoms with Gasteiger partial charge in [-0.25, -0.2) is 0 Å². The molecular formula is C20H22N2O4.